The third-order valence-electron chi connectivity index (χ3n) is 4.18. The fraction of sp³-hybridized carbons (Fsp3) is 0.444. The standard InChI is InChI=1S/C18H22N4O3S/c1-18(2,3)14-10-26-16(21-14)13-9-22(6-7-25-13)17(24)11-4-5-12(15(19)23)20-8-11/h4-5,8,10,13H,6-7,9H2,1-3H3,(H2,19,23). The first kappa shape index (κ1) is 18.5. The van der Waals surface area contributed by atoms with Crippen molar-refractivity contribution in [3.63, 3.8) is 0 Å². The van der Waals surface area contributed by atoms with E-state index in [0.29, 0.717) is 25.3 Å². The Hall–Kier alpha value is -2.32. The first-order valence-electron chi connectivity index (χ1n) is 8.38. The van der Waals surface area contributed by atoms with Gasteiger partial charge in [0.25, 0.3) is 11.8 Å². The van der Waals surface area contributed by atoms with Gasteiger partial charge in [0.2, 0.25) is 0 Å². The third kappa shape index (κ3) is 3.91. The maximum atomic E-state index is 12.7. The molecule has 1 aliphatic rings. The summed E-state index contributed by atoms with van der Waals surface area (Å²) in [7, 11) is 0. The van der Waals surface area contributed by atoms with Gasteiger partial charge in [-0.15, -0.1) is 11.3 Å². The van der Waals surface area contributed by atoms with Gasteiger partial charge in [0.05, 0.1) is 24.4 Å². The minimum Gasteiger partial charge on any atom is -0.367 e. The summed E-state index contributed by atoms with van der Waals surface area (Å²) >= 11 is 1.56. The largest absolute Gasteiger partial charge is 0.367 e. The summed E-state index contributed by atoms with van der Waals surface area (Å²) in [6, 6.07) is 3.03. The van der Waals surface area contributed by atoms with Crippen molar-refractivity contribution in [1.29, 1.82) is 0 Å². The second kappa shape index (κ2) is 7.13. The van der Waals surface area contributed by atoms with Gasteiger partial charge >= 0.3 is 0 Å². The number of hydrogen-bond donors (Lipinski definition) is 1. The van der Waals surface area contributed by atoms with Gasteiger partial charge in [-0.1, -0.05) is 20.8 Å². The maximum Gasteiger partial charge on any atom is 0.267 e. The van der Waals surface area contributed by atoms with Crippen LogP contribution in [0.25, 0.3) is 0 Å². The number of ether oxygens (including phenoxy) is 1. The highest BCUT2D eigenvalue weighted by atomic mass is 32.1. The molecule has 0 bridgehead atoms. The topological polar surface area (TPSA) is 98.4 Å². The van der Waals surface area contributed by atoms with Crippen LogP contribution in [0.5, 0.6) is 0 Å². The molecule has 8 heteroatoms. The summed E-state index contributed by atoms with van der Waals surface area (Å²) in [5, 5.41) is 2.93. The second-order valence-electron chi connectivity index (χ2n) is 7.23. The van der Waals surface area contributed by atoms with Gasteiger partial charge in [-0.3, -0.25) is 14.6 Å². The first-order valence-corrected chi connectivity index (χ1v) is 9.26. The van der Waals surface area contributed by atoms with Gasteiger partial charge < -0.3 is 15.4 Å². The number of pyridine rings is 1. The molecular formula is C18H22N4O3S. The van der Waals surface area contributed by atoms with Crippen LogP contribution in [-0.4, -0.2) is 46.4 Å². The number of nitrogens with zero attached hydrogens (tertiary/aromatic N) is 3. The molecule has 0 aromatic carbocycles. The number of carbonyl (C=O) groups excluding carboxylic acids is 2. The van der Waals surface area contributed by atoms with Crippen molar-refractivity contribution in [1.82, 2.24) is 14.9 Å². The number of carbonyl (C=O) groups is 2. The molecule has 2 aromatic heterocycles. The van der Waals surface area contributed by atoms with E-state index in [9.17, 15) is 9.59 Å². The normalized spacial score (nSPS) is 18.0. The van der Waals surface area contributed by atoms with Crippen LogP contribution in [-0.2, 0) is 10.2 Å². The number of thiazole rings is 1. The van der Waals surface area contributed by atoms with Gasteiger partial charge in [0, 0.05) is 23.5 Å². The number of amides is 2. The highest BCUT2D eigenvalue weighted by molar-refractivity contribution is 7.09. The van der Waals surface area contributed by atoms with Crippen molar-refractivity contribution in [3.8, 4) is 0 Å². The number of primary amides is 1. The Labute approximate surface area is 156 Å². The number of aromatic nitrogens is 2. The Balaban J connectivity index is 1.72. The number of hydrogen-bond acceptors (Lipinski definition) is 6. The monoisotopic (exact) mass is 374 g/mol. The summed E-state index contributed by atoms with van der Waals surface area (Å²) in [5.41, 5.74) is 6.74. The van der Waals surface area contributed by atoms with Crippen molar-refractivity contribution < 1.29 is 14.3 Å². The molecule has 138 valence electrons. The summed E-state index contributed by atoms with van der Waals surface area (Å²) in [6.45, 7) is 7.75. The maximum absolute atomic E-state index is 12.7. The molecule has 3 rings (SSSR count). The number of rotatable bonds is 3. The van der Waals surface area contributed by atoms with E-state index in [1.54, 1.807) is 22.3 Å². The highest BCUT2D eigenvalue weighted by Gasteiger charge is 2.29. The van der Waals surface area contributed by atoms with Crippen molar-refractivity contribution in [2.24, 2.45) is 5.73 Å². The van der Waals surface area contributed by atoms with Gasteiger partial charge in [-0.05, 0) is 12.1 Å². The SMILES string of the molecule is CC(C)(C)c1csc(C2CN(C(=O)c3ccc(C(N)=O)nc3)CCO2)n1. The molecule has 0 radical (unpaired) electrons. The molecule has 1 fully saturated rings. The summed E-state index contributed by atoms with van der Waals surface area (Å²) < 4.78 is 5.83. The van der Waals surface area contributed by atoms with Gasteiger partial charge in [0.1, 0.15) is 16.8 Å². The quantitative estimate of drug-likeness (QED) is 0.887. The van der Waals surface area contributed by atoms with Crippen LogP contribution in [0.15, 0.2) is 23.7 Å². The lowest BCUT2D eigenvalue weighted by Crippen LogP contribution is -2.42. The second-order valence-corrected chi connectivity index (χ2v) is 8.12. The minimum absolute atomic E-state index is 0.0211. The molecule has 2 aromatic rings. The molecule has 2 N–H and O–H groups in total. The van der Waals surface area contributed by atoms with Crippen molar-refractivity contribution >= 4 is 23.2 Å². The fourth-order valence-corrected chi connectivity index (χ4v) is 3.70. The van der Waals surface area contributed by atoms with Gasteiger partial charge in [-0.25, -0.2) is 4.98 Å². The molecule has 7 nitrogen and oxygen atoms in total. The zero-order chi connectivity index (χ0) is 18.9. The molecule has 0 saturated carbocycles. The van der Waals surface area contributed by atoms with Crippen molar-refractivity contribution in [2.45, 2.75) is 32.3 Å². The van der Waals surface area contributed by atoms with E-state index in [1.807, 2.05) is 5.38 Å². The molecular weight excluding hydrogens is 352 g/mol. The number of nitrogens with two attached hydrogens (primary N) is 1. The van der Waals surface area contributed by atoms with Crippen LogP contribution < -0.4 is 5.73 Å². The van der Waals surface area contributed by atoms with Crippen molar-refractivity contribution in [3.05, 3.63) is 45.7 Å². The first-order chi connectivity index (χ1) is 12.3. The smallest absolute Gasteiger partial charge is 0.267 e. The molecule has 0 aliphatic carbocycles. The lowest BCUT2D eigenvalue weighted by molar-refractivity contribution is -0.0230. The van der Waals surface area contributed by atoms with Crippen molar-refractivity contribution in [2.75, 3.05) is 19.7 Å². The molecule has 1 saturated heterocycles. The Morgan fingerprint density at radius 3 is 2.69 bits per heavy atom. The van der Waals surface area contributed by atoms with E-state index < -0.39 is 5.91 Å². The Bertz CT molecular complexity index is 811. The van der Waals surface area contributed by atoms with Gasteiger partial charge in [0.15, 0.2) is 0 Å². The molecule has 2 amide bonds. The van der Waals surface area contributed by atoms with Crippen LogP contribution in [0.3, 0.4) is 0 Å². The van der Waals surface area contributed by atoms with E-state index in [1.165, 1.54) is 12.3 Å². The van der Waals surface area contributed by atoms with Gasteiger partial charge in [-0.2, -0.15) is 0 Å². The molecule has 1 atom stereocenters. The molecule has 26 heavy (non-hydrogen) atoms. The zero-order valence-corrected chi connectivity index (χ0v) is 15.9. The van der Waals surface area contributed by atoms with E-state index in [2.05, 4.69) is 25.8 Å². The Morgan fingerprint density at radius 1 is 1.35 bits per heavy atom. The Kier molecular flexibility index (Phi) is 5.06. The van der Waals surface area contributed by atoms with Crippen LogP contribution in [0.2, 0.25) is 0 Å². The predicted octanol–water partition coefficient (Wildman–Crippen LogP) is 2.15. The minimum atomic E-state index is -0.617. The van der Waals surface area contributed by atoms with Crippen LogP contribution in [0, 0.1) is 0 Å². The zero-order valence-electron chi connectivity index (χ0n) is 15.1. The lowest BCUT2D eigenvalue weighted by Gasteiger charge is -2.32. The summed E-state index contributed by atoms with van der Waals surface area (Å²) in [6.07, 6.45) is 1.15. The highest BCUT2D eigenvalue weighted by Crippen LogP contribution is 2.30. The average molecular weight is 374 g/mol. The average Bonchev–Trinajstić information content (AvgIpc) is 3.12. The molecule has 1 aliphatic heterocycles. The predicted molar refractivity (Wildman–Crippen MR) is 98.2 cm³/mol. The lowest BCUT2D eigenvalue weighted by atomic mass is 9.93. The molecule has 3 heterocycles. The number of morpholine rings is 1. The summed E-state index contributed by atoms with van der Waals surface area (Å²) in [4.78, 5) is 34.2. The molecule has 0 spiro atoms. The van der Waals surface area contributed by atoms with Crippen LogP contribution in [0.1, 0.15) is 58.4 Å². The Morgan fingerprint density at radius 2 is 2.12 bits per heavy atom. The van der Waals surface area contributed by atoms with E-state index >= 15 is 0 Å². The van der Waals surface area contributed by atoms with E-state index in [0.717, 1.165) is 10.7 Å². The fourth-order valence-electron chi connectivity index (χ4n) is 2.61. The summed E-state index contributed by atoms with van der Waals surface area (Å²) in [5.74, 6) is -0.761. The van der Waals surface area contributed by atoms with E-state index in [4.69, 9.17) is 15.5 Å². The van der Waals surface area contributed by atoms with Crippen LogP contribution >= 0.6 is 11.3 Å². The third-order valence-corrected chi connectivity index (χ3v) is 5.12. The van der Waals surface area contributed by atoms with Crippen LogP contribution in [0.4, 0.5) is 0 Å². The van der Waals surface area contributed by atoms with E-state index in [-0.39, 0.29) is 23.1 Å². The molecule has 1 unspecified atom stereocenters.